The molecule has 1 amide bonds. The highest BCUT2D eigenvalue weighted by Crippen LogP contribution is 2.23. The molecule has 1 fully saturated rings. The van der Waals surface area contributed by atoms with Crippen LogP contribution in [0.1, 0.15) is 11.3 Å². The fourth-order valence-corrected chi connectivity index (χ4v) is 4.27. The number of benzene rings is 2. The van der Waals surface area contributed by atoms with Crippen LogP contribution >= 0.6 is 0 Å². The van der Waals surface area contributed by atoms with Gasteiger partial charge in [-0.1, -0.05) is 18.2 Å². The summed E-state index contributed by atoms with van der Waals surface area (Å²) in [6.07, 6.45) is 2.34. The van der Waals surface area contributed by atoms with Crippen LogP contribution in [0.2, 0.25) is 0 Å². The number of aromatic nitrogens is 3. The predicted molar refractivity (Wildman–Crippen MR) is 135 cm³/mol. The van der Waals surface area contributed by atoms with Crippen molar-refractivity contribution in [3.05, 3.63) is 72.1 Å². The van der Waals surface area contributed by atoms with Crippen molar-refractivity contribution in [2.45, 2.75) is 13.3 Å². The molecule has 2 aromatic heterocycles. The molecule has 4 aromatic rings. The molecule has 0 bridgehead atoms. The van der Waals surface area contributed by atoms with E-state index in [0.717, 1.165) is 52.4 Å². The van der Waals surface area contributed by atoms with Crippen LogP contribution in [-0.2, 0) is 23.0 Å². The summed E-state index contributed by atoms with van der Waals surface area (Å²) in [5.41, 5.74) is 4.63. The van der Waals surface area contributed by atoms with E-state index in [1.807, 2.05) is 62.6 Å². The maximum atomic E-state index is 12.7. The minimum atomic E-state index is -0.0470. The van der Waals surface area contributed by atoms with Gasteiger partial charge in [0.05, 0.1) is 19.6 Å². The van der Waals surface area contributed by atoms with Gasteiger partial charge in [-0.05, 0) is 42.8 Å². The van der Waals surface area contributed by atoms with Crippen LogP contribution in [0.3, 0.4) is 0 Å². The number of ether oxygens (including phenoxy) is 1. The molecule has 34 heavy (non-hydrogen) atoms. The van der Waals surface area contributed by atoms with Crippen molar-refractivity contribution in [2.75, 3.05) is 41.8 Å². The Morgan fingerprint density at radius 2 is 1.76 bits per heavy atom. The first-order valence-electron chi connectivity index (χ1n) is 11.4. The minimum absolute atomic E-state index is 0.0470. The van der Waals surface area contributed by atoms with Gasteiger partial charge in [-0.15, -0.1) is 0 Å². The Morgan fingerprint density at radius 3 is 2.56 bits per heavy atom. The SMILES string of the molecule is Cc1cc(N2CCOCC2)nc(Nc2ccc(NC(=O)Cc3cn(C)c4ccccc34)cc2)n1. The summed E-state index contributed by atoms with van der Waals surface area (Å²) in [6.45, 7) is 5.02. The Bertz CT molecular complexity index is 1310. The van der Waals surface area contributed by atoms with Crippen molar-refractivity contribution >= 4 is 40.0 Å². The third-order valence-electron chi connectivity index (χ3n) is 5.93. The number of carbonyl (C=O) groups is 1. The quantitative estimate of drug-likeness (QED) is 0.456. The van der Waals surface area contributed by atoms with E-state index in [2.05, 4.69) is 42.2 Å². The number of morpholine rings is 1. The number of hydrogen-bond acceptors (Lipinski definition) is 6. The third kappa shape index (κ3) is 4.87. The molecule has 2 N–H and O–H groups in total. The number of anilines is 4. The van der Waals surface area contributed by atoms with Crippen molar-refractivity contribution < 1.29 is 9.53 Å². The molecule has 0 saturated carbocycles. The zero-order valence-corrected chi connectivity index (χ0v) is 19.4. The largest absolute Gasteiger partial charge is 0.378 e. The predicted octanol–water partition coefficient (Wildman–Crippen LogP) is 4.04. The molecule has 174 valence electrons. The number of amides is 1. The topological polar surface area (TPSA) is 84.3 Å². The van der Waals surface area contributed by atoms with E-state index in [9.17, 15) is 4.79 Å². The molecule has 0 unspecified atom stereocenters. The normalized spacial score (nSPS) is 13.8. The Balaban J connectivity index is 1.23. The average Bonchev–Trinajstić information content (AvgIpc) is 3.16. The van der Waals surface area contributed by atoms with E-state index >= 15 is 0 Å². The Hall–Kier alpha value is -3.91. The highest BCUT2D eigenvalue weighted by molar-refractivity contribution is 5.96. The maximum absolute atomic E-state index is 12.7. The summed E-state index contributed by atoms with van der Waals surface area (Å²) >= 11 is 0. The van der Waals surface area contributed by atoms with Gasteiger partial charge in [-0.3, -0.25) is 4.79 Å². The molecule has 5 rings (SSSR count). The van der Waals surface area contributed by atoms with Crippen LogP contribution in [0, 0.1) is 6.92 Å². The number of hydrogen-bond donors (Lipinski definition) is 2. The molecular weight excluding hydrogens is 428 g/mol. The molecular formula is C26H28N6O2. The Labute approximate surface area is 198 Å². The van der Waals surface area contributed by atoms with Gasteiger partial charge in [0, 0.05) is 60.4 Å². The first-order chi connectivity index (χ1) is 16.5. The van der Waals surface area contributed by atoms with Gasteiger partial charge >= 0.3 is 0 Å². The third-order valence-corrected chi connectivity index (χ3v) is 5.93. The minimum Gasteiger partial charge on any atom is -0.378 e. The Kier molecular flexibility index (Phi) is 6.14. The second-order valence-corrected chi connectivity index (χ2v) is 8.50. The van der Waals surface area contributed by atoms with Gasteiger partial charge in [0.2, 0.25) is 11.9 Å². The molecule has 8 nitrogen and oxygen atoms in total. The van der Waals surface area contributed by atoms with Crippen molar-refractivity contribution in [1.29, 1.82) is 0 Å². The van der Waals surface area contributed by atoms with Crippen LogP contribution in [0.25, 0.3) is 10.9 Å². The molecule has 3 heterocycles. The lowest BCUT2D eigenvalue weighted by molar-refractivity contribution is -0.115. The molecule has 1 aliphatic rings. The smallest absolute Gasteiger partial charge is 0.229 e. The summed E-state index contributed by atoms with van der Waals surface area (Å²) in [4.78, 5) is 24.1. The number of nitrogens with one attached hydrogen (secondary N) is 2. The molecule has 0 radical (unpaired) electrons. The number of rotatable bonds is 6. The fourth-order valence-electron chi connectivity index (χ4n) is 4.27. The van der Waals surface area contributed by atoms with Gasteiger partial charge in [0.25, 0.3) is 0 Å². The maximum Gasteiger partial charge on any atom is 0.229 e. The van der Waals surface area contributed by atoms with Gasteiger partial charge in [-0.2, -0.15) is 4.98 Å². The monoisotopic (exact) mass is 456 g/mol. The van der Waals surface area contributed by atoms with Crippen LogP contribution in [0.4, 0.5) is 23.1 Å². The van der Waals surface area contributed by atoms with Crippen molar-refractivity contribution in [1.82, 2.24) is 14.5 Å². The van der Waals surface area contributed by atoms with E-state index in [4.69, 9.17) is 4.74 Å². The highest BCUT2D eigenvalue weighted by atomic mass is 16.5. The summed E-state index contributed by atoms with van der Waals surface area (Å²) in [5.74, 6) is 1.40. The zero-order chi connectivity index (χ0) is 23.5. The van der Waals surface area contributed by atoms with E-state index in [0.29, 0.717) is 25.6 Å². The number of aryl methyl sites for hydroxylation is 2. The van der Waals surface area contributed by atoms with Gasteiger partial charge in [0.15, 0.2) is 0 Å². The second-order valence-electron chi connectivity index (χ2n) is 8.50. The van der Waals surface area contributed by atoms with Crippen LogP contribution in [-0.4, -0.2) is 46.7 Å². The summed E-state index contributed by atoms with van der Waals surface area (Å²) in [5, 5.41) is 7.37. The molecule has 8 heteroatoms. The molecule has 1 aliphatic heterocycles. The molecule has 0 spiro atoms. The number of para-hydroxylation sites is 1. The lowest BCUT2D eigenvalue weighted by Crippen LogP contribution is -2.36. The summed E-state index contributed by atoms with van der Waals surface area (Å²) in [7, 11) is 2.00. The summed E-state index contributed by atoms with van der Waals surface area (Å²) < 4.78 is 7.49. The lowest BCUT2D eigenvalue weighted by Gasteiger charge is -2.28. The number of nitrogens with zero attached hydrogens (tertiary/aromatic N) is 4. The average molecular weight is 457 g/mol. The van der Waals surface area contributed by atoms with Crippen molar-refractivity contribution in [2.24, 2.45) is 7.05 Å². The van der Waals surface area contributed by atoms with Gasteiger partial charge in [-0.25, -0.2) is 4.98 Å². The van der Waals surface area contributed by atoms with Crippen molar-refractivity contribution in [3.8, 4) is 0 Å². The first kappa shape index (κ1) is 21.9. The first-order valence-corrected chi connectivity index (χ1v) is 11.4. The number of fused-ring (bicyclic) bond motifs is 1. The van der Waals surface area contributed by atoms with Crippen molar-refractivity contribution in [3.63, 3.8) is 0 Å². The van der Waals surface area contributed by atoms with Crippen LogP contribution in [0.5, 0.6) is 0 Å². The molecule has 0 atom stereocenters. The lowest BCUT2D eigenvalue weighted by atomic mass is 10.1. The zero-order valence-electron chi connectivity index (χ0n) is 19.4. The van der Waals surface area contributed by atoms with Gasteiger partial charge < -0.3 is 24.8 Å². The fraction of sp³-hybridized carbons (Fsp3) is 0.269. The van der Waals surface area contributed by atoms with E-state index < -0.39 is 0 Å². The van der Waals surface area contributed by atoms with Crippen LogP contribution in [0.15, 0.2) is 60.8 Å². The van der Waals surface area contributed by atoms with Gasteiger partial charge in [0.1, 0.15) is 5.82 Å². The number of carbonyl (C=O) groups excluding carboxylic acids is 1. The Morgan fingerprint density at radius 1 is 1.03 bits per heavy atom. The standard InChI is InChI=1S/C26H28N6O2/c1-18-15-24(32-11-13-34-14-12-32)30-26(27-18)29-21-9-7-20(8-10-21)28-25(33)16-19-17-31(2)23-6-4-3-5-22(19)23/h3-10,15,17H,11-14,16H2,1-2H3,(H,28,33)(H,27,29,30). The van der Waals surface area contributed by atoms with E-state index in [1.54, 1.807) is 0 Å². The molecule has 2 aromatic carbocycles. The molecule has 1 saturated heterocycles. The second kappa shape index (κ2) is 9.52. The van der Waals surface area contributed by atoms with E-state index in [1.165, 1.54) is 0 Å². The highest BCUT2D eigenvalue weighted by Gasteiger charge is 2.15. The molecule has 0 aliphatic carbocycles. The van der Waals surface area contributed by atoms with E-state index in [-0.39, 0.29) is 5.91 Å². The summed E-state index contributed by atoms with van der Waals surface area (Å²) in [6, 6.07) is 17.7. The van der Waals surface area contributed by atoms with Crippen LogP contribution < -0.4 is 15.5 Å².